The molecule has 1 aliphatic rings. The zero-order valence-corrected chi connectivity index (χ0v) is 17.0. The topological polar surface area (TPSA) is 39.5 Å². The van der Waals surface area contributed by atoms with Gasteiger partial charge in [-0.3, -0.25) is 4.90 Å². The van der Waals surface area contributed by atoms with E-state index >= 15 is 0 Å². The molecule has 2 atom stereocenters. The highest BCUT2D eigenvalue weighted by Gasteiger charge is 2.21. The van der Waals surface area contributed by atoms with E-state index in [1.165, 1.54) is 6.42 Å². The van der Waals surface area contributed by atoms with Gasteiger partial charge < -0.3 is 14.0 Å². The van der Waals surface area contributed by atoms with E-state index in [0.29, 0.717) is 13.3 Å². The molecule has 3 heterocycles. The van der Waals surface area contributed by atoms with Gasteiger partial charge in [0.05, 0.1) is 20.4 Å². The Morgan fingerprint density at radius 2 is 1.82 bits per heavy atom. The van der Waals surface area contributed by atoms with Crippen molar-refractivity contribution in [3.8, 4) is 11.4 Å². The van der Waals surface area contributed by atoms with Crippen molar-refractivity contribution in [2.45, 2.75) is 26.9 Å². The third-order valence-electron chi connectivity index (χ3n) is 5.42. The summed E-state index contributed by atoms with van der Waals surface area (Å²) in [5.41, 5.74) is 3.13. The van der Waals surface area contributed by atoms with Crippen LogP contribution in [0, 0.1) is 11.8 Å². The van der Waals surface area contributed by atoms with Crippen LogP contribution in [0.3, 0.4) is 0 Å². The second-order valence-electron chi connectivity index (χ2n) is 8.10. The van der Waals surface area contributed by atoms with E-state index in [1.54, 1.807) is 7.11 Å². The third kappa shape index (κ3) is 4.21. The van der Waals surface area contributed by atoms with Crippen molar-refractivity contribution in [2.75, 3.05) is 26.9 Å². The van der Waals surface area contributed by atoms with Crippen molar-refractivity contribution in [3.63, 3.8) is 0 Å². The molecule has 0 radical (unpaired) electrons. The zero-order chi connectivity index (χ0) is 19.5. The number of methoxy groups -OCH3 is 1. The Kier molecular flexibility index (Phi) is 5.64. The molecule has 1 saturated heterocycles. The second-order valence-corrected chi connectivity index (χ2v) is 8.10. The number of fused-ring (bicyclic) bond motifs is 1. The van der Waals surface area contributed by atoms with Gasteiger partial charge in [-0.15, -0.1) is 0 Å². The Labute approximate surface area is 166 Å². The fraction of sp³-hybridized carbons (Fsp3) is 0.435. The fourth-order valence-electron chi connectivity index (χ4n) is 4.29. The summed E-state index contributed by atoms with van der Waals surface area (Å²) in [4.78, 5) is 7.11. The molecule has 0 spiro atoms. The lowest BCUT2D eigenvalue weighted by atomic mass is 9.92. The quantitative estimate of drug-likeness (QED) is 0.633. The van der Waals surface area contributed by atoms with Gasteiger partial charge in [-0.25, -0.2) is 4.98 Å². The van der Waals surface area contributed by atoms with Crippen LogP contribution in [0.25, 0.3) is 16.7 Å². The number of aromatic nitrogens is 2. The molecule has 5 nitrogen and oxygen atoms in total. The highest BCUT2D eigenvalue weighted by atomic mass is 16.5. The average molecular weight is 380 g/mol. The number of rotatable bonds is 6. The largest absolute Gasteiger partial charge is 0.497 e. The predicted octanol–water partition coefficient (Wildman–Crippen LogP) is 4.49. The average Bonchev–Trinajstić information content (AvgIpc) is 3.10. The first-order valence-corrected chi connectivity index (χ1v) is 10.0. The molecule has 0 aliphatic carbocycles. The molecule has 0 N–H and O–H groups in total. The van der Waals surface area contributed by atoms with Crippen LogP contribution in [0.1, 0.15) is 25.8 Å². The van der Waals surface area contributed by atoms with Crippen LogP contribution >= 0.6 is 0 Å². The number of hydrogen-bond donors (Lipinski definition) is 0. The summed E-state index contributed by atoms with van der Waals surface area (Å²) in [6.07, 6.45) is 5.30. The summed E-state index contributed by atoms with van der Waals surface area (Å²) in [7, 11) is 1.68. The van der Waals surface area contributed by atoms with E-state index < -0.39 is 0 Å². The Bertz CT molecular complexity index is 909. The molecule has 1 fully saturated rings. The SMILES string of the molecule is COc1ccc(-n2ccc3cc(COCN4C[C@H](C)C[C@H](C)C4)cnc32)cc1. The molecule has 1 aliphatic heterocycles. The minimum absolute atomic E-state index is 0.593. The lowest BCUT2D eigenvalue weighted by Crippen LogP contribution is -2.39. The summed E-state index contributed by atoms with van der Waals surface area (Å²) in [6.45, 7) is 8.20. The van der Waals surface area contributed by atoms with Crippen LogP contribution in [-0.2, 0) is 11.3 Å². The van der Waals surface area contributed by atoms with Gasteiger partial charge in [-0.05, 0) is 60.2 Å². The van der Waals surface area contributed by atoms with Gasteiger partial charge in [-0.2, -0.15) is 0 Å². The first kappa shape index (κ1) is 19.0. The molecule has 0 saturated carbocycles. The van der Waals surface area contributed by atoms with Gasteiger partial charge >= 0.3 is 0 Å². The van der Waals surface area contributed by atoms with Crippen LogP contribution < -0.4 is 4.74 Å². The van der Waals surface area contributed by atoms with Gasteiger partial charge in [0.2, 0.25) is 0 Å². The van der Waals surface area contributed by atoms with Gasteiger partial charge in [0.1, 0.15) is 11.4 Å². The lowest BCUT2D eigenvalue weighted by molar-refractivity contribution is -0.0114. The maximum absolute atomic E-state index is 5.99. The maximum atomic E-state index is 5.99. The van der Waals surface area contributed by atoms with Crippen LogP contribution in [0.4, 0.5) is 0 Å². The van der Waals surface area contributed by atoms with Crippen molar-refractivity contribution in [3.05, 3.63) is 54.4 Å². The van der Waals surface area contributed by atoms with Crippen LogP contribution in [0.15, 0.2) is 48.8 Å². The Hall–Kier alpha value is -2.37. The first-order valence-electron chi connectivity index (χ1n) is 10.0. The molecule has 3 aromatic rings. The first-order chi connectivity index (χ1) is 13.6. The minimum atomic E-state index is 0.593. The summed E-state index contributed by atoms with van der Waals surface area (Å²) in [5.74, 6) is 2.36. The molecule has 148 valence electrons. The van der Waals surface area contributed by atoms with Crippen LogP contribution in [0.2, 0.25) is 0 Å². The molecule has 4 rings (SSSR count). The van der Waals surface area contributed by atoms with E-state index in [2.05, 4.69) is 46.6 Å². The Morgan fingerprint density at radius 3 is 2.54 bits per heavy atom. The number of pyridine rings is 1. The predicted molar refractivity (Wildman–Crippen MR) is 112 cm³/mol. The summed E-state index contributed by atoms with van der Waals surface area (Å²) < 4.78 is 13.3. The summed E-state index contributed by atoms with van der Waals surface area (Å²) >= 11 is 0. The molecule has 5 heteroatoms. The Morgan fingerprint density at radius 1 is 1.07 bits per heavy atom. The van der Waals surface area contributed by atoms with Crippen molar-refractivity contribution >= 4 is 11.0 Å². The summed E-state index contributed by atoms with van der Waals surface area (Å²) in [5, 5.41) is 1.12. The summed E-state index contributed by atoms with van der Waals surface area (Å²) in [6, 6.07) is 12.3. The molecule has 0 bridgehead atoms. The standard InChI is InChI=1S/C23H29N3O2/c1-17-10-18(2)14-25(13-17)16-28-15-19-11-20-8-9-26(23(20)24-12-19)21-4-6-22(27-3)7-5-21/h4-9,11-12,17-18H,10,13-16H2,1-3H3/t17-,18+. The van der Waals surface area contributed by atoms with Gasteiger partial charge in [0.15, 0.2) is 0 Å². The number of likely N-dealkylation sites (tertiary alicyclic amines) is 1. The number of hydrogen-bond acceptors (Lipinski definition) is 4. The van der Waals surface area contributed by atoms with E-state index in [9.17, 15) is 0 Å². The third-order valence-corrected chi connectivity index (χ3v) is 5.42. The van der Waals surface area contributed by atoms with Gasteiger partial charge in [-0.1, -0.05) is 13.8 Å². The maximum Gasteiger partial charge on any atom is 0.144 e. The normalized spacial score (nSPS) is 20.5. The van der Waals surface area contributed by atoms with E-state index in [0.717, 1.165) is 53.0 Å². The number of piperidine rings is 1. The molecule has 2 aromatic heterocycles. The fourth-order valence-corrected chi connectivity index (χ4v) is 4.29. The lowest BCUT2D eigenvalue weighted by Gasteiger charge is -2.34. The van der Waals surface area contributed by atoms with Crippen LogP contribution in [0.5, 0.6) is 5.75 Å². The zero-order valence-electron chi connectivity index (χ0n) is 17.0. The second kappa shape index (κ2) is 8.33. The molecule has 0 unspecified atom stereocenters. The van der Waals surface area contributed by atoms with Crippen molar-refractivity contribution < 1.29 is 9.47 Å². The molecule has 28 heavy (non-hydrogen) atoms. The van der Waals surface area contributed by atoms with Gasteiger partial charge in [0, 0.05) is 36.6 Å². The number of nitrogens with zero attached hydrogens (tertiary/aromatic N) is 3. The minimum Gasteiger partial charge on any atom is -0.497 e. The van der Waals surface area contributed by atoms with Crippen LogP contribution in [-0.4, -0.2) is 41.4 Å². The van der Waals surface area contributed by atoms with Crippen molar-refractivity contribution in [1.82, 2.24) is 14.5 Å². The molecule has 0 amide bonds. The Balaban J connectivity index is 1.41. The number of benzene rings is 1. The molecule has 1 aromatic carbocycles. The number of ether oxygens (including phenoxy) is 2. The molecular weight excluding hydrogens is 350 g/mol. The van der Waals surface area contributed by atoms with Gasteiger partial charge in [0.25, 0.3) is 0 Å². The van der Waals surface area contributed by atoms with E-state index in [4.69, 9.17) is 9.47 Å². The van der Waals surface area contributed by atoms with E-state index in [1.807, 2.05) is 30.5 Å². The monoisotopic (exact) mass is 379 g/mol. The smallest absolute Gasteiger partial charge is 0.144 e. The van der Waals surface area contributed by atoms with E-state index in [-0.39, 0.29) is 0 Å². The highest BCUT2D eigenvalue weighted by molar-refractivity contribution is 5.78. The highest BCUT2D eigenvalue weighted by Crippen LogP contribution is 2.23. The van der Waals surface area contributed by atoms with Crippen molar-refractivity contribution in [1.29, 1.82) is 0 Å². The molecular formula is C23H29N3O2. The van der Waals surface area contributed by atoms with Crippen molar-refractivity contribution in [2.24, 2.45) is 11.8 Å².